The number of carbonyl (C=O) groups is 2. The predicted molar refractivity (Wildman–Crippen MR) is 133 cm³/mol. The van der Waals surface area contributed by atoms with Gasteiger partial charge >= 0.3 is 0 Å². The number of hydrogen-bond donors (Lipinski definition) is 0. The SMILES string of the molecule is CCCCC(CC)COc1c(OCC(CC)CCC)ccc2c1C(=O)c1ccccc1C2=O. The van der Waals surface area contributed by atoms with Crippen molar-refractivity contribution in [3.63, 3.8) is 0 Å². The maximum atomic E-state index is 13.5. The van der Waals surface area contributed by atoms with Crippen LogP contribution in [0, 0.1) is 11.8 Å². The van der Waals surface area contributed by atoms with Crippen LogP contribution in [0.4, 0.5) is 0 Å². The molecule has 0 radical (unpaired) electrons. The summed E-state index contributed by atoms with van der Waals surface area (Å²) in [5.74, 6) is 1.55. The molecule has 2 aromatic rings. The fourth-order valence-corrected chi connectivity index (χ4v) is 4.51. The molecule has 2 unspecified atom stereocenters. The largest absolute Gasteiger partial charge is 0.489 e. The van der Waals surface area contributed by atoms with Crippen LogP contribution in [-0.4, -0.2) is 24.8 Å². The van der Waals surface area contributed by atoms with Crippen LogP contribution in [0.15, 0.2) is 36.4 Å². The first-order valence-electron chi connectivity index (χ1n) is 12.7. The number of unbranched alkanes of at least 4 members (excludes halogenated alkanes) is 1. The average Bonchev–Trinajstić information content (AvgIpc) is 2.85. The van der Waals surface area contributed by atoms with Gasteiger partial charge in [-0.05, 0) is 36.8 Å². The molecule has 3 rings (SSSR count). The zero-order chi connectivity index (χ0) is 23.8. The molecule has 0 bridgehead atoms. The van der Waals surface area contributed by atoms with E-state index < -0.39 is 0 Å². The number of benzene rings is 2. The number of ketones is 2. The van der Waals surface area contributed by atoms with Gasteiger partial charge in [0.15, 0.2) is 23.1 Å². The van der Waals surface area contributed by atoms with E-state index in [9.17, 15) is 9.59 Å². The molecule has 0 saturated carbocycles. The summed E-state index contributed by atoms with van der Waals surface area (Å²) in [5, 5.41) is 0. The van der Waals surface area contributed by atoms with Crippen LogP contribution < -0.4 is 9.47 Å². The van der Waals surface area contributed by atoms with Gasteiger partial charge in [-0.3, -0.25) is 9.59 Å². The summed E-state index contributed by atoms with van der Waals surface area (Å²) in [6.07, 6.45) is 7.63. The van der Waals surface area contributed by atoms with Crippen LogP contribution in [0.5, 0.6) is 11.5 Å². The van der Waals surface area contributed by atoms with Gasteiger partial charge in [0.2, 0.25) is 0 Å². The van der Waals surface area contributed by atoms with Gasteiger partial charge in [-0.15, -0.1) is 0 Å². The van der Waals surface area contributed by atoms with Crippen molar-refractivity contribution in [1.82, 2.24) is 0 Å². The molecule has 0 N–H and O–H groups in total. The standard InChI is InChI=1S/C29H38O4/c1-5-9-13-21(8-4)19-33-29-25(32-18-20(7-3)12-6-2)17-16-24-26(29)28(31)23-15-11-10-14-22(23)27(24)30/h10-11,14-17,20-21H,5-9,12-13,18-19H2,1-4H3. The third kappa shape index (κ3) is 5.66. The van der Waals surface area contributed by atoms with Gasteiger partial charge in [-0.25, -0.2) is 0 Å². The zero-order valence-electron chi connectivity index (χ0n) is 20.6. The predicted octanol–water partition coefficient (Wildman–Crippen LogP) is 7.26. The maximum Gasteiger partial charge on any atom is 0.198 e. The van der Waals surface area contributed by atoms with E-state index in [1.165, 1.54) is 0 Å². The van der Waals surface area contributed by atoms with E-state index in [-0.39, 0.29) is 11.6 Å². The minimum atomic E-state index is -0.164. The van der Waals surface area contributed by atoms with E-state index in [2.05, 4.69) is 27.7 Å². The minimum absolute atomic E-state index is 0.132. The topological polar surface area (TPSA) is 52.6 Å². The molecule has 0 amide bonds. The average molecular weight is 451 g/mol. The first-order valence-corrected chi connectivity index (χ1v) is 12.7. The number of carbonyl (C=O) groups excluding carboxylic acids is 2. The van der Waals surface area contributed by atoms with Gasteiger partial charge in [0, 0.05) is 16.7 Å². The molecule has 0 aliphatic heterocycles. The van der Waals surface area contributed by atoms with Crippen molar-refractivity contribution < 1.29 is 19.1 Å². The molecular weight excluding hydrogens is 412 g/mol. The van der Waals surface area contributed by atoms with Gasteiger partial charge in [0.25, 0.3) is 0 Å². The molecule has 2 atom stereocenters. The summed E-state index contributed by atoms with van der Waals surface area (Å²) < 4.78 is 12.6. The molecular formula is C29H38O4. The maximum absolute atomic E-state index is 13.5. The molecule has 1 aliphatic carbocycles. The van der Waals surface area contributed by atoms with Gasteiger partial charge in [-0.2, -0.15) is 0 Å². The molecule has 0 heterocycles. The molecule has 178 valence electrons. The number of hydrogen-bond acceptors (Lipinski definition) is 4. The summed E-state index contributed by atoms with van der Waals surface area (Å²) in [7, 11) is 0. The van der Waals surface area contributed by atoms with E-state index in [1.807, 2.05) is 0 Å². The lowest BCUT2D eigenvalue weighted by Crippen LogP contribution is -2.23. The van der Waals surface area contributed by atoms with E-state index in [4.69, 9.17) is 9.47 Å². The Balaban J connectivity index is 1.98. The molecule has 0 saturated heterocycles. The smallest absolute Gasteiger partial charge is 0.198 e. The Morgan fingerprint density at radius 2 is 1.33 bits per heavy atom. The summed E-state index contributed by atoms with van der Waals surface area (Å²) in [5.41, 5.74) is 1.65. The Labute approximate surface area is 198 Å². The first kappa shape index (κ1) is 25.0. The van der Waals surface area contributed by atoms with Crippen LogP contribution in [0.25, 0.3) is 0 Å². The van der Waals surface area contributed by atoms with Crippen LogP contribution in [0.3, 0.4) is 0 Å². The molecule has 4 heteroatoms. The van der Waals surface area contributed by atoms with E-state index in [0.717, 1.165) is 44.9 Å². The van der Waals surface area contributed by atoms with Crippen LogP contribution in [0.1, 0.15) is 104 Å². The van der Waals surface area contributed by atoms with E-state index >= 15 is 0 Å². The van der Waals surface area contributed by atoms with Crippen molar-refractivity contribution in [3.8, 4) is 11.5 Å². The molecule has 33 heavy (non-hydrogen) atoms. The number of ether oxygens (including phenoxy) is 2. The fourth-order valence-electron chi connectivity index (χ4n) is 4.51. The third-order valence-corrected chi connectivity index (χ3v) is 6.77. The second-order valence-electron chi connectivity index (χ2n) is 9.12. The number of fused-ring (bicyclic) bond motifs is 2. The van der Waals surface area contributed by atoms with Crippen molar-refractivity contribution in [3.05, 3.63) is 58.7 Å². The quantitative estimate of drug-likeness (QED) is 0.275. The van der Waals surface area contributed by atoms with Crippen molar-refractivity contribution in [1.29, 1.82) is 0 Å². The second kappa shape index (κ2) is 12.0. The monoisotopic (exact) mass is 450 g/mol. The Morgan fingerprint density at radius 3 is 1.97 bits per heavy atom. The summed E-state index contributed by atoms with van der Waals surface area (Å²) >= 11 is 0. The van der Waals surface area contributed by atoms with Crippen LogP contribution in [-0.2, 0) is 0 Å². The highest BCUT2D eigenvalue weighted by Crippen LogP contribution is 2.40. The summed E-state index contributed by atoms with van der Waals surface area (Å²) in [4.78, 5) is 26.7. The van der Waals surface area contributed by atoms with E-state index in [1.54, 1.807) is 36.4 Å². The molecule has 0 spiro atoms. The molecule has 0 aromatic heterocycles. The summed E-state index contributed by atoms with van der Waals surface area (Å²) in [6, 6.07) is 10.6. The van der Waals surface area contributed by atoms with E-state index in [0.29, 0.717) is 58.8 Å². The molecule has 2 aromatic carbocycles. The molecule has 0 fully saturated rings. The number of rotatable bonds is 13. The van der Waals surface area contributed by atoms with Gasteiger partial charge in [-0.1, -0.05) is 84.1 Å². The highest BCUT2D eigenvalue weighted by molar-refractivity contribution is 6.29. The molecule has 1 aliphatic rings. The Bertz CT molecular complexity index is 962. The fraction of sp³-hybridized carbons (Fsp3) is 0.517. The van der Waals surface area contributed by atoms with Crippen molar-refractivity contribution in [2.45, 2.75) is 72.6 Å². The van der Waals surface area contributed by atoms with Crippen LogP contribution >= 0.6 is 0 Å². The van der Waals surface area contributed by atoms with Crippen molar-refractivity contribution >= 4 is 11.6 Å². The third-order valence-electron chi connectivity index (χ3n) is 6.77. The normalized spacial score (nSPS) is 14.4. The molecule has 4 nitrogen and oxygen atoms in total. The first-order chi connectivity index (χ1) is 16.0. The van der Waals surface area contributed by atoms with Gasteiger partial charge < -0.3 is 9.47 Å². The highest BCUT2D eigenvalue weighted by atomic mass is 16.5. The zero-order valence-corrected chi connectivity index (χ0v) is 20.6. The van der Waals surface area contributed by atoms with Gasteiger partial charge in [0.05, 0.1) is 18.8 Å². The van der Waals surface area contributed by atoms with Crippen molar-refractivity contribution in [2.24, 2.45) is 11.8 Å². The Kier molecular flexibility index (Phi) is 9.11. The lowest BCUT2D eigenvalue weighted by Gasteiger charge is -2.25. The minimum Gasteiger partial charge on any atom is -0.489 e. The Hall–Kier alpha value is -2.62. The lowest BCUT2D eigenvalue weighted by molar-refractivity contribution is 0.0973. The summed E-state index contributed by atoms with van der Waals surface area (Å²) in [6.45, 7) is 9.80. The second-order valence-corrected chi connectivity index (χ2v) is 9.12. The van der Waals surface area contributed by atoms with Crippen molar-refractivity contribution in [2.75, 3.05) is 13.2 Å². The van der Waals surface area contributed by atoms with Gasteiger partial charge in [0.1, 0.15) is 0 Å². The highest BCUT2D eigenvalue weighted by Gasteiger charge is 2.34. The lowest BCUT2D eigenvalue weighted by atomic mass is 9.83. The Morgan fingerprint density at radius 1 is 0.697 bits per heavy atom. The van der Waals surface area contributed by atoms with Crippen LogP contribution in [0.2, 0.25) is 0 Å².